The third-order valence-corrected chi connectivity index (χ3v) is 9.07. The molecule has 0 N–H and O–H groups in total. The Morgan fingerprint density at radius 3 is 2.68 bits per heavy atom. The summed E-state index contributed by atoms with van der Waals surface area (Å²) in [5.41, 5.74) is 2.44. The van der Waals surface area contributed by atoms with E-state index in [4.69, 9.17) is 9.72 Å². The van der Waals surface area contributed by atoms with Crippen LogP contribution in [0.15, 0.2) is 58.9 Å². The second kappa shape index (κ2) is 7.47. The van der Waals surface area contributed by atoms with E-state index in [-0.39, 0.29) is 10.9 Å². The second-order valence-electron chi connectivity index (χ2n) is 8.66. The van der Waals surface area contributed by atoms with E-state index < -0.39 is 0 Å². The maximum absolute atomic E-state index is 6.71. The van der Waals surface area contributed by atoms with Gasteiger partial charge in [-0.25, -0.2) is 4.98 Å². The van der Waals surface area contributed by atoms with E-state index in [0.29, 0.717) is 12.0 Å². The van der Waals surface area contributed by atoms with Crippen LogP contribution in [0.1, 0.15) is 51.2 Å². The Kier molecular flexibility index (Phi) is 4.98. The van der Waals surface area contributed by atoms with E-state index in [9.17, 15) is 0 Å². The first-order chi connectivity index (χ1) is 13.6. The van der Waals surface area contributed by atoms with Crippen LogP contribution in [0, 0.1) is 11.8 Å². The van der Waals surface area contributed by atoms with Crippen molar-refractivity contribution in [2.24, 2.45) is 11.8 Å². The van der Waals surface area contributed by atoms with Gasteiger partial charge in [-0.2, -0.15) is 0 Å². The molecule has 0 bridgehead atoms. The van der Waals surface area contributed by atoms with Crippen molar-refractivity contribution in [1.29, 1.82) is 0 Å². The molecule has 0 spiro atoms. The number of rotatable bonds is 3. The van der Waals surface area contributed by atoms with Crippen LogP contribution in [0.2, 0.25) is 0 Å². The summed E-state index contributed by atoms with van der Waals surface area (Å²) in [6, 6.07) is 19.3. The van der Waals surface area contributed by atoms with Gasteiger partial charge in [0.05, 0.1) is 22.4 Å². The first kappa shape index (κ1) is 18.7. The largest absolute Gasteiger partial charge is 0.370 e. The van der Waals surface area contributed by atoms with Crippen LogP contribution in [-0.2, 0) is 4.74 Å². The fourth-order valence-electron chi connectivity index (χ4n) is 5.03. The van der Waals surface area contributed by atoms with Gasteiger partial charge < -0.3 is 4.74 Å². The zero-order valence-corrected chi connectivity index (χ0v) is 18.1. The zero-order valence-electron chi connectivity index (χ0n) is 16.5. The average molecular weight is 410 g/mol. The lowest BCUT2D eigenvalue weighted by atomic mass is 9.70. The van der Waals surface area contributed by atoms with Crippen molar-refractivity contribution in [2.75, 3.05) is 0 Å². The molecule has 5 atom stereocenters. The number of thiazole rings is 1. The molecule has 1 aromatic heterocycles. The second-order valence-corrected chi connectivity index (χ2v) is 11.5. The topological polar surface area (TPSA) is 22.1 Å². The molecule has 2 heterocycles. The highest BCUT2D eigenvalue weighted by molar-refractivity contribution is 8.02. The van der Waals surface area contributed by atoms with E-state index in [0.717, 1.165) is 17.9 Å². The maximum atomic E-state index is 6.71. The molecule has 1 aliphatic carbocycles. The number of ether oxygens (including phenoxy) is 1. The zero-order chi connectivity index (χ0) is 19.1. The highest BCUT2D eigenvalue weighted by atomic mass is 32.2. The molecule has 0 radical (unpaired) electrons. The number of aromatic nitrogens is 1. The lowest BCUT2D eigenvalue weighted by Crippen LogP contribution is -2.49. The Hall–Kier alpha value is -1.36. The molecule has 0 unspecified atom stereocenters. The van der Waals surface area contributed by atoms with Gasteiger partial charge in [-0.3, -0.25) is 0 Å². The molecule has 1 saturated carbocycles. The fraction of sp³-hybridized carbons (Fsp3) is 0.458. The molecule has 4 heteroatoms. The predicted octanol–water partition coefficient (Wildman–Crippen LogP) is 7.11. The molecule has 146 valence electrons. The molecule has 1 saturated heterocycles. The van der Waals surface area contributed by atoms with Gasteiger partial charge in [0.25, 0.3) is 0 Å². The van der Waals surface area contributed by atoms with Crippen LogP contribution < -0.4 is 0 Å². The van der Waals surface area contributed by atoms with Gasteiger partial charge in [-0.15, -0.1) is 11.3 Å². The molecular formula is C24H27NOS2. The van der Waals surface area contributed by atoms with Crippen molar-refractivity contribution in [3.05, 3.63) is 60.2 Å². The van der Waals surface area contributed by atoms with Crippen molar-refractivity contribution in [2.45, 2.75) is 60.8 Å². The summed E-state index contributed by atoms with van der Waals surface area (Å²) in [7, 11) is 0. The summed E-state index contributed by atoms with van der Waals surface area (Å²) in [4.78, 5) is 4.94. The summed E-state index contributed by atoms with van der Waals surface area (Å²) >= 11 is 3.84. The Balaban J connectivity index is 1.48. The van der Waals surface area contributed by atoms with Crippen LogP contribution in [0.3, 0.4) is 0 Å². The van der Waals surface area contributed by atoms with Crippen LogP contribution in [0.4, 0.5) is 0 Å². The highest BCUT2D eigenvalue weighted by Gasteiger charge is 2.49. The van der Waals surface area contributed by atoms with Gasteiger partial charge in [0, 0.05) is 10.7 Å². The molecule has 28 heavy (non-hydrogen) atoms. The van der Waals surface area contributed by atoms with E-state index in [1.165, 1.54) is 33.9 Å². The Labute approximate surface area is 175 Å². The minimum atomic E-state index is 0.150. The minimum absolute atomic E-state index is 0.150. The van der Waals surface area contributed by atoms with Crippen molar-refractivity contribution in [3.8, 4) is 0 Å². The molecular weight excluding hydrogens is 382 g/mol. The van der Waals surface area contributed by atoms with E-state index in [2.05, 4.69) is 68.4 Å². The summed E-state index contributed by atoms with van der Waals surface area (Å²) < 4.78 is 9.35. The van der Waals surface area contributed by atoms with Crippen molar-refractivity contribution in [1.82, 2.24) is 4.98 Å². The molecule has 1 aliphatic heterocycles. The van der Waals surface area contributed by atoms with Crippen molar-refractivity contribution < 1.29 is 4.74 Å². The number of thioether (sulfide) groups is 1. The molecule has 0 amide bonds. The van der Waals surface area contributed by atoms with E-state index in [1.54, 1.807) is 0 Å². The number of nitrogens with zero attached hydrogens (tertiary/aromatic N) is 1. The van der Waals surface area contributed by atoms with Gasteiger partial charge in [-0.1, -0.05) is 67.6 Å². The Morgan fingerprint density at radius 2 is 1.86 bits per heavy atom. The quantitative estimate of drug-likeness (QED) is 0.460. The fourth-order valence-corrected chi connectivity index (χ4v) is 7.93. The third-order valence-electron chi connectivity index (χ3n) is 6.53. The smallest absolute Gasteiger partial charge is 0.151 e. The molecule has 2 fully saturated rings. The number of fused-ring (bicyclic) bond motifs is 2. The van der Waals surface area contributed by atoms with Crippen molar-refractivity contribution in [3.63, 3.8) is 0 Å². The summed E-state index contributed by atoms with van der Waals surface area (Å²) in [6.45, 7) is 4.85. The first-order valence-corrected chi connectivity index (χ1v) is 12.0. The number of para-hydroxylation sites is 1. The summed E-state index contributed by atoms with van der Waals surface area (Å²) in [5, 5.41) is 0. The molecule has 5 rings (SSSR count). The SMILES string of the molecule is C[C@@H]1CC[C@@H]2[C@@H](C1)O[C@@H](c1ccccc1)C[C@]2(C)Sc1nc2ccccc2s1. The van der Waals surface area contributed by atoms with Crippen molar-refractivity contribution >= 4 is 33.3 Å². The van der Waals surface area contributed by atoms with Crippen LogP contribution in [0.25, 0.3) is 10.2 Å². The summed E-state index contributed by atoms with van der Waals surface area (Å²) in [6.07, 6.45) is 5.35. The van der Waals surface area contributed by atoms with Gasteiger partial charge >= 0.3 is 0 Å². The third kappa shape index (κ3) is 3.51. The van der Waals surface area contributed by atoms with E-state index >= 15 is 0 Å². The number of hydrogen-bond donors (Lipinski definition) is 0. The average Bonchev–Trinajstić information content (AvgIpc) is 3.10. The monoisotopic (exact) mass is 409 g/mol. The van der Waals surface area contributed by atoms with Crippen LogP contribution in [-0.4, -0.2) is 15.8 Å². The normalized spacial score (nSPS) is 32.9. The molecule has 2 nitrogen and oxygen atoms in total. The van der Waals surface area contributed by atoms with E-state index in [1.807, 2.05) is 23.1 Å². The molecule has 2 aromatic carbocycles. The lowest BCUT2D eigenvalue weighted by Gasteiger charge is -2.51. The Bertz CT molecular complexity index is 922. The van der Waals surface area contributed by atoms with Crippen LogP contribution >= 0.6 is 23.1 Å². The standard InChI is InChI=1S/C24H27NOS2/c1-16-12-13-18-20(14-16)26-21(17-8-4-3-5-9-17)15-24(18,2)28-23-25-19-10-6-7-11-22(19)27-23/h3-11,16,18,20-21H,12-15H2,1-2H3/t16-,18-,20-,21-,24+/m1/s1. The van der Waals surface area contributed by atoms with Gasteiger partial charge in [0.2, 0.25) is 0 Å². The maximum Gasteiger partial charge on any atom is 0.151 e. The number of benzene rings is 2. The van der Waals surface area contributed by atoms with Crippen LogP contribution in [0.5, 0.6) is 0 Å². The molecule has 3 aromatic rings. The van der Waals surface area contributed by atoms with Gasteiger partial charge in [0.15, 0.2) is 4.34 Å². The first-order valence-electron chi connectivity index (χ1n) is 10.4. The summed E-state index contributed by atoms with van der Waals surface area (Å²) in [5.74, 6) is 1.35. The predicted molar refractivity (Wildman–Crippen MR) is 119 cm³/mol. The lowest BCUT2D eigenvalue weighted by molar-refractivity contribution is -0.122. The highest BCUT2D eigenvalue weighted by Crippen LogP contribution is 2.55. The van der Waals surface area contributed by atoms with Gasteiger partial charge in [-0.05, 0) is 49.8 Å². The number of hydrogen-bond acceptors (Lipinski definition) is 4. The van der Waals surface area contributed by atoms with Gasteiger partial charge in [0.1, 0.15) is 0 Å². The molecule has 2 aliphatic rings. The Morgan fingerprint density at radius 1 is 1.07 bits per heavy atom. The minimum Gasteiger partial charge on any atom is -0.370 e.